The molecule has 0 bridgehead atoms. The Labute approximate surface area is 56.0 Å². The van der Waals surface area contributed by atoms with Crippen molar-refractivity contribution in [2.24, 2.45) is 11.5 Å². The Morgan fingerprint density at radius 1 is 1.56 bits per heavy atom. The zero-order valence-electron chi connectivity index (χ0n) is 5.88. The van der Waals surface area contributed by atoms with E-state index in [1.165, 1.54) is 0 Å². The number of aliphatic hydroxyl groups is 1. The summed E-state index contributed by atoms with van der Waals surface area (Å²) in [5.74, 6) is 0. The molecule has 0 saturated heterocycles. The van der Waals surface area contributed by atoms with Gasteiger partial charge < -0.3 is 16.6 Å². The van der Waals surface area contributed by atoms with Crippen LogP contribution >= 0.6 is 0 Å². The van der Waals surface area contributed by atoms with Crippen molar-refractivity contribution in [3.05, 3.63) is 0 Å². The quantitative estimate of drug-likeness (QED) is 0.480. The summed E-state index contributed by atoms with van der Waals surface area (Å²) >= 11 is 0. The number of rotatable bonds is 4. The van der Waals surface area contributed by atoms with Crippen molar-refractivity contribution in [3.8, 4) is 0 Å². The Balaban J connectivity index is 3.22. The molecule has 0 amide bonds. The fourth-order valence-corrected chi connectivity index (χ4v) is 0.612. The Bertz CT molecular complexity index is 60.1. The van der Waals surface area contributed by atoms with E-state index in [0.29, 0.717) is 13.0 Å². The van der Waals surface area contributed by atoms with Crippen LogP contribution in [0, 0.1) is 0 Å². The Morgan fingerprint density at radius 2 is 2.11 bits per heavy atom. The smallest absolute Gasteiger partial charge is 0.0677 e. The van der Waals surface area contributed by atoms with Crippen LogP contribution in [0.5, 0.6) is 0 Å². The standard InChI is InChI=1S/C6H16N2O/c1-2-5(8)3-6(9)4-7/h5-6,9H,2-4,7-8H2,1H3. The predicted molar refractivity (Wildman–Crippen MR) is 37.9 cm³/mol. The van der Waals surface area contributed by atoms with Crippen molar-refractivity contribution in [1.29, 1.82) is 0 Å². The molecule has 0 spiro atoms. The van der Waals surface area contributed by atoms with Crippen molar-refractivity contribution in [2.45, 2.75) is 31.9 Å². The maximum atomic E-state index is 8.95. The number of nitrogens with two attached hydrogens (primary N) is 2. The van der Waals surface area contributed by atoms with Crippen LogP contribution in [0.15, 0.2) is 0 Å². The second-order valence-corrected chi connectivity index (χ2v) is 2.29. The van der Waals surface area contributed by atoms with Crippen LogP contribution in [0.1, 0.15) is 19.8 Å². The highest BCUT2D eigenvalue weighted by Crippen LogP contribution is 1.96. The van der Waals surface area contributed by atoms with E-state index in [4.69, 9.17) is 16.6 Å². The van der Waals surface area contributed by atoms with E-state index in [1.807, 2.05) is 6.92 Å². The van der Waals surface area contributed by atoms with Crippen molar-refractivity contribution < 1.29 is 5.11 Å². The monoisotopic (exact) mass is 132 g/mol. The molecule has 0 saturated carbocycles. The SMILES string of the molecule is CCC(N)CC(O)CN. The van der Waals surface area contributed by atoms with Crippen LogP contribution in [-0.4, -0.2) is 23.8 Å². The number of hydrogen-bond acceptors (Lipinski definition) is 3. The van der Waals surface area contributed by atoms with Gasteiger partial charge in [0.2, 0.25) is 0 Å². The van der Waals surface area contributed by atoms with Crippen LogP contribution in [-0.2, 0) is 0 Å². The van der Waals surface area contributed by atoms with Gasteiger partial charge in [0.15, 0.2) is 0 Å². The van der Waals surface area contributed by atoms with Crippen LogP contribution < -0.4 is 11.5 Å². The van der Waals surface area contributed by atoms with Gasteiger partial charge in [-0.05, 0) is 12.8 Å². The van der Waals surface area contributed by atoms with Gasteiger partial charge in [0, 0.05) is 12.6 Å². The van der Waals surface area contributed by atoms with Crippen LogP contribution in [0.4, 0.5) is 0 Å². The molecular weight excluding hydrogens is 116 g/mol. The summed E-state index contributed by atoms with van der Waals surface area (Å²) in [4.78, 5) is 0. The third kappa shape index (κ3) is 4.39. The minimum absolute atomic E-state index is 0.101. The highest BCUT2D eigenvalue weighted by Gasteiger charge is 2.05. The Kier molecular flexibility index (Phi) is 4.67. The Hall–Kier alpha value is -0.120. The zero-order chi connectivity index (χ0) is 7.28. The minimum atomic E-state index is -0.417. The van der Waals surface area contributed by atoms with Gasteiger partial charge in [0.25, 0.3) is 0 Å². The molecule has 0 aliphatic heterocycles. The van der Waals surface area contributed by atoms with Crippen molar-refractivity contribution in [3.63, 3.8) is 0 Å². The topological polar surface area (TPSA) is 72.3 Å². The van der Waals surface area contributed by atoms with E-state index in [1.54, 1.807) is 0 Å². The molecule has 3 heteroatoms. The third-order valence-electron chi connectivity index (χ3n) is 1.37. The molecule has 0 fully saturated rings. The lowest BCUT2D eigenvalue weighted by atomic mass is 10.1. The van der Waals surface area contributed by atoms with Gasteiger partial charge in [0.05, 0.1) is 6.10 Å². The fraction of sp³-hybridized carbons (Fsp3) is 1.00. The summed E-state index contributed by atoms with van der Waals surface area (Å²) in [6.45, 7) is 2.31. The predicted octanol–water partition coefficient (Wildman–Crippen LogP) is -0.567. The van der Waals surface area contributed by atoms with Gasteiger partial charge in [-0.1, -0.05) is 6.92 Å². The molecule has 0 rings (SSSR count). The third-order valence-corrected chi connectivity index (χ3v) is 1.37. The Morgan fingerprint density at radius 3 is 2.44 bits per heavy atom. The van der Waals surface area contributed by atoms with Gasteiger partial charge in [-0.3, -0.25) is 0 Å². The molecule has 9 heavy (non-hydrogen) atoms. The minimum Gasteiger partial charge on any atom is -0.392 e. The molecular formula is C6H16N2O. The van der Waals surface area contributed by atoms with Gasteiger partial charge in [-0.2, -0.15) is 0 Å². The number of hydrogen-bond donors (Lipinski definition) is 3. The molecule has 0 radical (unpaired) electrons. The summed E-state index contributed by atoms with van der Waals surface area (Å²) in [6, 6.07) is 0.101. The van der Waals surface area contributed by atoms with E-state index in [2.05, 4.69) is 0 Å². The molecule has 0 aromatic heterocycles. The molecule has 5 N–H and O–H groups in total. The van der Waals surface area contributed by atoms with Crippen molar-refractivity contribution in [1.82, 2.24) is 0 Å². The van der Waals surface area contributed by atoms with Gasteiger partial charge in [0.1, 0.15) is 0 Å². The summed E-state index contributed by atoms with van der Waals surface area (Å²) in [5.41, 5.74) is 10.7. The molecule has 0 aliphatic rings. The zero-order valence-corrected chi connectivity index (χ0v) is 5.88. The summed E-state index contributed by atoms with van der Waals surface area (Å²) < 4.78 is 0. The average Bonchev–Trinajstić information content (AvgIpc) is 1.87. The molecule has 3 nitrogen and oxygen atoms in total. The molecule has 2 unspecified atom stereocenters. The molecule has 0 aliphatic carbocycles. The average molecular weight is 132 g/mol. The molecule has 2 atom stereocenters. The summed E-state index contributed by atoms with van der Waals surface area (Å²) in [7, 11) is 0. The highest BCUT2D eigenvalue weighted by atomic mass is 16.3. The van der Waals surface area contributed by atoms with Crippen LogP contribution in [0.3, 0.4) is 0 Å². The molecule has 0 heterocycles. The number of aliphatic hydroxyl groups excluding tert-OH is 1. The van der Waals surface area contributed by atoms with Gasteiger partial charge in [-0.15, -0.1) is 0 Å². The van der Waals surface area contributed by atoms with E-state index >= 15 is 0 Å². The second kappa shape index (κ2) is 4.73. The summed E-state index contributed by atoms with van der Waals surface area (Å²) in [5, 5.41) is 8.95. The largest absolute Gasteiger partial charge is 0.392 e. The van der Waals surface area contributed by atoms with Crippen molar-refractivity contribution >= 4 is 0 Å². The van der Waals surface area contributed by atoms with E-state index in [-0.39, 0.29) is 6.04 Å². The van der Waals surface area contributed by atoms with Crippen LogP contribution in [0.25, 0.3) is 0 Å². The fourth-order valence-electron chi connectivity index (χ4n) is 0.612. The first kappa shape index (κ1) is 8.88. The molecule has 56 valence electrons. The molecule has 0 aromatic rings. The normalized spacial score (nSPS) is 17.3. The first-order chi connectivity index (χ1) is 4.20. The van der Waals surface area contributed by atoms with E-state index < -0.39 is 6.10 Å². The first-order valence-corrected chi connectivity index (χ1v) is 3.34. The maximum Gasteiger partial charge on any atom is 0.0677 e. The van der Waals surface area contributed by atoms with Crippen molar-refractivity contribution in [2.75, 3.05) is 6.54 Å². The second-order valence-electron chi connectivity index (χ2n) is 2.29. The lowest BCUT2D eigenvalue weighted by Gasteiger charge is -2.11. The lowest BCUT2D eigenvalue weighted by molar-refractivity contribution is 0.162. The van der Waals surface area contributed by atoms with Gasteiger partial charge in [-0.25, -0.2) is 0 Å². The van der Waals surface area contributed by atoms with E-state index in [0.717, 1.165) is 6.42 Å². The van der Waals surface area contributed by atoms with Gasteiger partial charge >= 0.3 is 0 Å². The molecule has 0 aromatic carbocycles. The lowest BCUT2D eigenvalue weighted by Crippen LogP contribution is -2.29. The maximum absolute atomic E-state index is 8.95. The summed E-state index contributed by atoms with van der Waals surface area (Å²) in [6.07, 6.45) is 1.10. The highest BCUT2D eigenvalue weighted by molar-refractivity contribution is 4.65. The first-order valence-electron chi connectivity index (χ1n) is 3.34. The van der Waals surface area contributed by atoms with Crippen LogP contribution in [0.2, 0.25) is 0 Å². The van der Waals surface area contributed by atoms with E-state index in [9.17, 15) is 0 Å².